The predicted octanol–water partition coefficient (Wildman–Crippen LogP) is 3.47. The lowest BCUT2D eigenvalue weighted by molar-refractivity contribution is 0.393. The highest BCUT2D eigenvalue weighted by molar-refractivity contribution is 7.98. The molecule has 1 aliphatic rings. The Kier molecular flexibility index (Phi) is 5.51. The Hall–Kier alpha value is -1.33. The fourth-order valence-corrected chi connectivity index (χ4v) is 3.48. The van der Waals surface area contributed by atoms with Gasteiger partial charge in [0.25, 0.3) is 0 Å². The number of thioether (sulfide) groups is 1. The zero-order valence-corrected chi connectivity index (χ0v) is 13.9. The molecule has 0 bridgehead atoms. The highest BCUT2D eigenvalue weighted by Crippen LogP contribution is 2.21. The Morgan fingerprint density at radius 1 is 1.36 bits per heavy atom. The maximum atomic E-state index is 4.44. The first-order chi connectivity index (χ1) is 10.9. The molecule has 2 aromatic heterocycles. The van der Waals surface area contributed by atoms with Crippen molar-refractivity contribution < 1.29 is 0 Å². The van der Waals surface area contributed by atoms with Crippen LogP contribution in [0.1, 0.15) is 37.5 Å². The molecule has 5 heteroatoms. The maximum Gasteiger partial charge on any atom is 0.160 e. The third kappa shape index (κ3) is 3.70. The lowest BCUT2D eigenvalue weighted by atomic mass is 9.94. The van der Waals surface area contributed by atoms with Crippen LogP contribution in [-0.2, 0) is 0 Å². The summed E-state index contributed by atoms with van der Waals surface area (Å²) in [7, 11) is 0. The second kappa shape index (κ2) is 7.79. The molecule has 3 rings (SSSR count). The molecule has 1 aliphatic carbocycles. The number of nitrogens with one attached hydrogen (secondary N) is 1. The maximum absolute atomic E-state index is 4.44. The van der Waals surface area contributed by atoms with E-state index in [1.165, 1.54) is 19.3 Å². The van der Waals surface area contributed by atoms with Crippen molar-refractivity contribution in [1.82, 2.24) is 19.9 Å². The molecule has 0 fully saturated rings. The van der Waals surface area contributed by atoms with Crippen LogP contribution in [0.15, 0.2) is 36.5 Å². The molecule has 22 heavy (non-hydrogen) atoms. The van der Waals surface area contributed by atoms with Crippen LogP contribution in [0.3, 0.4) is 0 Å². The summed E-state index contributed by atoms with van der Waals surface area (Å²) in [5.41, 5.74) is 0.925. The van der Waals surface area contributed by atoms with Crippen molar-refractivity contribution in [2.24, 2.45) is 5.92 Å². The highest BCUT2D eigenvalue weighted by Gasteiger charge is 2.19. The minimum Gasteiger partial charge on any atom is -0.307 e. The molecule has 0 spiro atoms. The number of hydrogen-bond donors (Lipinski definition) is 1. The molecule has 118 valence electrons. The lowest BCUT2D eigenvalue weighted by Crippen LogP contribution is -2.29. The molecule has 1 N–H and O–H groups in total. The fourth-order valence-electron chi connectivity index (χ4n) is 3.01. The third-order valence-electron chi connectivity index (χ3n) is 4.29. The Labute approximate surface area is 136 Å². The number of allylic oxidation sites excluding steroid dienone is 2. The van der Waals surface area contributed by atoms with E-state index in [1.54, 1.807) is 0 Å². The molecular formula is C17H24N4S. The van der Waals surface area contributed by atoms with Crippen molar-refractivity contribution in [2.75, 3.05) is 18.6 Å². The summed E-state index contributed by atoms with van der Waals surface area (Å²) >= 11 is 1.89. The van der Waals surface area contributed by atoms with Gasteiger partial charge in [-0.1, -0.05) is 18.2 Å². The lowest BCUT2D eigenvalue weighted by Gasteiger charge is -2.22. The summed E-state index contributed by atoms with van der Waals surface area (Å²) in [5, 5.41) is 12.5. The molecule has 0 aliphatic heterocycles. The van der Waals surface area contributed by atoms with E-state index in [0.717, 1.165) is 36.1 Å². The van der Waals surface area contributed by atoms with Gasteiger partial charge in [-0.25, -0.2) is 0 Å². The quantitative estimate of drug-likeness (QED) is 0.794. The summed E-state index contributed by atoms with van der Waals surface area (Å²) in [5.74, 6) is 2.92. The van der Waals surface area contributed by atoms with Gasteiger partial charge in [-0.2, -0.15) is 11.8 Å². The first kappa shape index (κ1) is 15.6. The minimum atomic E-state index is 0.274. The molecule has 0 radical (unpaired) electrons. The van der Waals surface area contributed by atoms with Crippen LogP contribution in [0.25, 0.3) is 5.65 Å². The van der Waals surface area contributed by atoms with Crippen molar-refractivity contribution in [3.05, 3.63) is 42.4 Å². The molecular weight excluding hydrogens is 292 g/mol. The van der Waals surface area contributed by atoms with Crippen molar-refractivity contribution in [2.45, 2.75) is 31.7 Å². The van der Waals surface area contributed by atoms with E-state index >= 15 is 0 Å². The average molecular weight is 316 g/mol. The van der Waals surface area contributed by atoms with Crippen molar-refractivity contribution in [3.63, 3.8) is 0 Å². The van der Waals surface area contributed by atoms with E-state index in [4.69, 9.17) is 0 Å². The van der Waals surface area contributed by atoms with Crippen LogP contribution < -0.4 is 5.32 Å². The number of fused-ring (bicyclic) bond motifs is 1. The summed E-state index contributed by atoms with van der Waals surface area (Å²) < 4.78 is 2.11. The van der Waals surface area contributed by atoms with Gasteiger partial charge in [-0.3, -0.25) is 4.40 Å². The highest BCUT2D eigenvalue weighted by atomic mass is 32.2. The van der Waals surface area contributed by atoms with Crippen LogP contribution in [0.4, 0.5) is 0 Å². The minimum absolute atomic E-state index is 0.274. The largest absolute Gasteiger partial charge is 0.307 e. The standard InChI is InChI=1S/C17H24N4S/c1-22-12-10-15(18-13-14-7-3-2-4-8-14)17-20-19-16-9-5-6-11-21(16)17/h2-3,5-6,9,11,14-15,18H,4,7-8,10,12-13H2,1H3. The normalized spacial score (nSPS) is 19.6. The molecule has 0 saturated heterocycles. The molecule has 0 amide bonds. The van der Waals surface area contributed by atoms with Gasteiger partial charge >= 0.3 is 0 Å². The third-order valence-corrected chi connectivity index (χ3v) is 4.94. The van der Waals surface area contributed by atoms with Crippen LogP contribution >= 0.6 is 11.8 Å². The van der Waals surface area contributed by atoms with Crippen LogP contribution in [0.2, 0.25) is 0 Å². The predicted molar refractivity (Wildman–Crippen MR) is 93.2 cm³/mol. The Morgan fingerprint density at radius 2 is 2.32 bits per heavy atom. The van der Waals surface area contributed by atoms with E-state index in [2.05, 4.69) is 44.5 Å². The first-order valence-electron chi connectivity index (χ1n) is 8.05. The molecule has 2 heterocycles. The summed E-state index contributed by atoms with van der Waals surface area (Å²) in [6.07, 6.45) is 13.6. The van der Waals surface area contributed by atoms with Gasteiger partial charge in [0.15, 0.2) is 11.5 Å². The summed E-state index contributed by atoms with van der Waals surface area (Å²) in [6, 6.07) is 6.33. The van der Waals surface area contributed by atoms with Gasteiger partial charge in [0.2, 0.25) is 0 Å². The fraction of sp³-hybridized carbons (Fsp3) is 0.529. The number of hydrogen-bond acceptors (Lipinski definition) is 4. The van der Waals surface area contributed by atoms with Gasteiger partial charge in [0, 0.05) is 6.20 Å². The van der Waals surface area contributed by atoms with Crippen LogP contribution in [0, 0.1) is 5.92 Å². The first-order valence-corrected chi connectivity index (χ1v) is 9.45. The number of nitrogens with zero attached hydrogens (tertiary/aromatic N) is 3. The van der Waals surface area contributed by atoms with E-state index in [0.29, 0.717) is 0 Å². The van der Waals surface area contributed by atoms with Crippen molar-refractivity contribution in [3.8, 4) is 0 Å². The summed E-state index contributed by atoms with van der Waals surface area (Å²) in [4.78, 5) is 0. The number of rotatable bonds is 7. The SMILES string of the molecule is CSCCC(NCC1CC=CCC1)c1nnc2ccccn12. The molecule has 2 unspecified atom stereocenters. The zero-order chi connectivity index (χ0) is 15.2. The van der Waals surface area contributed by atoms with Gasteiger partial charge in [0.05, 0.1) is 6.04 Å². The molecule has 0 aromatic carbocycles. The van der Waals surface area contributed by atoms with Gasteiger partial charge in [-0.05, 0) is 62.3 Å². The Bertz CT molecular complexity index is 622. The Morgan fingerprint density at radius 3 is 3.14 bits per heavy atom. The van der Waals surface area contributed by atoms with Crippen LogP contribution in [-0.4, -0.2) is 33.2 Å². The molecule has 4 nitrogen and oxygen atoms in total. The smallest absolute Gasteiger partial charge is 0.160 e. The van der Waals surface area contributed by atoms with Crippen molar-refractivity contribution >= 4 is 17.4 Å². The number of aromatic nitrogens is 3. The van der Waals surface area contributed by atoms with Gasteiger partial charge in [0.1, 0.15) is 0 Å². The number of pyridine rings is 1. The van der Waals surface area contributed by atoms with E-state index in [1.807, 2.05) is 30.0 Å². The zero-order valence-electron chi connectivity index (χ0n) is 13.1. The van der Waals surface area contributed by atoms with Gasteiger partial charge in [-0.15, -0.1) is 10.2 Å². The average Bonchev–Trinajstić information content (AvgIpc) is 3.00. The molecule has 2 aromatic rings. The topological polar surface area (TPSA) is 42.2 Å². The van der Waals surface area contributed by atoms with E-state index in [9.17, 15) is 0 Å². The van der Waals surface area contributed by atoms with Gasteiger partial charge < -0.3 is 5.32 Å². The summed E-state index contributed by atoms with van der Waals surface area (Å²) in [6.45, 7) is 1.06. The molecule has 0 saturated carbocycles. The van der Waals surface area contributed by atoms with E-state index < -0.39 is 0 Å². The second-order valence-electron chi connectivity index (χ2n) is 5.88. The van der Waals surface area contributed by atoms with E-state index in [-0.39, 0.29) is 6.04 Å². The van der Waals surface area contributed by atoms with Crippen LogP contribution in [0.5, 0.6) is 0 Å². The van der Waals surface area contributed by atoms with Crippen molar-refractivity contribution in [1.29, 1.82) is 0 Å². The monoisotopic (exact) mass is 316 g/mol. The Balaban J connectivity index is 1.72. The molecule has 2 atom stereocenters. The second-order valence-corrected chi connectivity index (χ2v) is 6.87.